The molecule has 0 amide bonds. The zero-order valence-corrected chi connectivity index (χ0v) is 10.9. The fourth-order valence-electron chi connectivity index (χ4n) is 2.73. The first-order chi connectivity index (χ1) is 9.69. The van der Waals surface area contributed by atoms with Gasteiger partial charge in [0.2, 0.25) is 0 Å². The zero-order valence-electron chi connectivity index (χ0n) is 10.9. The molecule has 3 nitrogen and oxygen atoms in total. The van der Waals surface area contributed by atoms with Gasteiger partial charge < -0.3 is 11.5 Å². The van der Waals surface area contributed by atoms with Crippen LogP contribution >= 0.6 is 0 Å². The summed E-state index contributed by atoms with van der Waals surface area (Å²) in [5.41, 5.74) is 15.3. The minimum absolute atomic E-state index is 0.553. The Morgan fingerprint density at radius 3 is 1.85 bits per heavy atom. The van der Waals surface area contributed by atoms with E-state index in [0.717, 1.165) is 28.0 Å². The summed E-state index contributed by atoms with van der Waals surface area (Å²) in [7, 11) is 0. The van der Waals surface area contributed by atoms with Crippen LogP contribution in [0.1, 0.15) is 15.9 Å². The lowest BCUT2D eigenvalue weighted by atomic mass is 9.93. The lowest BCUT2D eigenvalue weighted by Crippen LogP contribution is -1.99. The molecule has 0 aliphatic carbocycles. The summed E-state index contributed by atoms with van der Waals surface area (Å²) < 4.78 is 0. The highest BCUT2D eigenvalue weighted by molar-refractivity contribution is 6.23. The normalized spacial score (nSPS) is 10.8. The van der Waals surface area contributed by atoms with E-state index >= 15 is 0 Å². The van der Waals surface area contributed by atoms with Crippen LogP contribution in [0.4, 0.5) is 11.4 Å². The van der Waals surface area contributed by atoms with Crippen LogP contribution in [-0.4, -0.2) is 6.29 Å². The second-order valence-electron chi connectivity index (χ2n) is 4.69. The molecule has 0 radical (unpaired) electrons. The standard InChI is InChI=1S/C17H14N2O/c1-2-10-5-3-7-12-14(10)16(18)13-8-4-6-11(9-20)15(13)17(12)19/h2-9H,1,18-19H2. The predicted octanol–water partition coefficient (Wildman–Crippen LogP) is 3.61. The number of carbonyl (C=O) groups is 1. The van der Waals surface area contributed by atoms with Gasteiger partial charge in [-0.25, -0.2) is 0 Å². The zero-order chi connectivity index (χ0) is 14.3. The van der Waals surface area contributed by atoms with Crippen molar-refractivity contribution in [2.75, 3.05) is 11.5 Å². The van der Waals surface area contributed by atoms with Gasteiger partial charge >= 0.3 is 0 Å². The van der Waals surface area contributed by atoms with E-state index in [4.69, 9.17) is 11.5 Å². The first-order valence-electron chi connectivity index (χ1n) is 6.29. The highest BCUT2D eigenvalue weighted by atomic mass is 16.1. The monoisotopic (exact) mass is 262 g/mol. The second kappa shape index (κ2) is 4.38. The van der Waals surface area contributed by atoms with Crippen LogP contribution in [0.5, 0.6) is 0 Å². The Morgan fingerprint density at radius 1 is 0.850 bits per heavy atom. The Labute approximate surface area is 116 Å². The molecule has 3 aromatic rings. The molecule has 3 aromatic carbocycles. The number of hydrogen-bond acceptors (Lipinski definition) is 3. The van der Waals surface area contributed by atoms with Crippen LogP contribution in [-0.2, 0) is 0 Å². The summed E-state index contributed by atoms with van der Waals surface area (Å²) in [5.74, 6) is 0. The Kier molecular flexibility index (Phi) is 2.68. The van der Waals surface area contributed by atoms with Crippen LogP contribution in [0.2, 0.25) is 0 Å². The van der Waals surface area contributed by atoms with Gasteiger partial charge in [0.15, 0.2) is 6.29 Å². The van der Waals surface area contributed by atoms with Gasteiger partial charge in [0.1, 0.15) is 0 Å². The number of carbonyl (C=O) groups excluding carboxylic acids is 1. The molecule has 0 fully saturated rings. The number of anilines is 2. The summed E-state index contributed by atoms with van der Waals surface area (Å²) in [6.45, 7) is 3.81. The SMILES string of the molecule is C=Cc1cccc2c(N)c3c(C=O)cccc3c(N)c12. The minimum atomic E-state index is 0.553. The van der Waals surface area contributed by atoms with Crippen molar-refractivity contribution < 1.29 is 4.79 Å². The second-order valence-corrected chi connectivity index (χ2v) is 4.69. The highest BCUT2D eigenvalue weighted by Crippen LogP contribution is 2.39. The van der Waals surface area contributed by atoms with Crippen molar-refractivity contribution in [1.29, 1.82) is 0 Å². The minimum Gasteiger partial charge on any atom is -0.398 e. The van der Waals surface area contributed by atoms with Gasteiger partial charge in [0.25, 0.3) is 0 Å². The molecular formula is C17H14N2O. The maximum Gasteiger partial charge on any atom is 0.150 e. The van der Waals surface area contributed by atoms with Gasteiger partial charge in [-0.3, -0.25) is 4.79 Å². The van der Waals surface area contributed by atoms with Crippen LogP contribution in [0.25, 0.3) is 27.6 Å². The molecule has 0 aliphatic heterocycles. The molecule has 3 rings (SSSR count). The van der Waals surface area contributed by atoms with Crippen LogP contribution in [0.15, 0.2) is 43.0 Å². The van der Waals surface area contributed by atoms with E-state index in [1.54, 1.807) is 12.1 Å². The van der Waals surface area contributed by atoms with Crippen molar-refractivity contribution in [3.63, 3.8) is 0 Å². The van der Waals surface area contributed by atoms with E-state index in [-0.39, 0.29) is 0 Å². The first kappa shape index (κ1) is 12.2. The molecule has 3 heteroatoms. The molecule has 0 aromatic heterocycles. The summed E-state index contributed by atoms with van der Waals surface area (Å²) in [4.78, 5) is 11.2. The smallest absolute Gasteiger partial charge is 0.150 e. The average molecular weight is 262 g/mol. The first-order valence-corrected chi connectivity index (χ1v) is 6.29. The number of aldehydes is 1. The number of nitrogens with two attached hydrogens (primary N) is 2. The Balaban J connectivity index is 2.68. The number of hydrogen-bond donors (Lipinski definition) is 2. The number of fused-ring (bicyclic) bond motifs is 2. The molecule has 98 valence electrons. The van der Waals surface area contributed by atoms with E-state index in [0.29, 0.717) is 22.3 Å². The van der Waals surface area contributed by atoms with Gasteiger partial charge in [-0.2, -0.15) is 0 Å². The Hall–Kier alpha value is -2.81. The highest BCUT2D eigenvalue weighted by Gasteiger charge is 2.14. The third kappa shape index (κ3) is 1.50. The van der Waals surface area contributed by atoms with Gasteiger partial charge in [-0.1, -0.05) is 49.1 Å². The van der Waals surface area contributed by atoms with Gasteiger partial charge in [0.05, 0.1) is 0 Å². The largest absolute Gasteiger partial charge is 0.398 e. The molecule has 0 spiro atoms. The van der Waals surface area contributed by atoms with E-state index in [1.165, 1.54) is 0 Å². The van der Waals surface area contributed by atoms with E-state index in [1.807, 2.05) is 30.3 Å². The number of rotatable bonds is 2. The molecule has 0 unspecified atom stereocenters. The fourth-order valence-corrected chi connectivity index (χ4v) is 2.73. The van der Waals surface area contributed by atoms with Crippen molar-refractivity contribution in [2.24, 2.45) is 0 Å². The van der Waals surface area contributed by atoms with Crippen LogP contribution in [0, 0.1) is 0 Å². The van der Waals surface area contributed by atoms with Crippen molar-refractivity contribution >= 4 is 45.3 Å². The molecule has 20 heavy (non-hydrogen) atoms. The predicted molar refractivity (Wildman–Crippen MR) is 85.8 cm³/mol. The fraction of sp³-hybridized carbons (Fsp3) is 0. The third-order valence-electron chi connectivity index (χ3n) is 3.66. The molecule has 0 bridgehead atoms. The molecule has 0 atom stereocenters. The number of benzene rings is 3. The van der Waals surface area contributed by atoms with Crippen molar-refractivity contribution in [3.8, 4) is 0 Å². The Bertz CT molecular complexity index is 792. The molecule has 0 aliphatic rings. The Morgan fingerprint density at radius 2 is 1.35 bits per heavy atom. The number of nitrogen functional groups attached to an aromatic ring is 2. The summed E-state index contributed by atoms with van der Waals surface area (Å²) >= 11 is 0. The summed E-state index contributed by atoms with van der Waals surface area (Å²) in [6, 6.07) is 11.2. The van der Waals surface area contributed by atoms with E-state index in [9.17, 15) is 4.79 Å². The topological polar surface area (TPSA) is 69.1 Å². The van der Waals surface area contributed by atoms with Crippen LogP contribution in [0.3, 0.4) is 0 Å². The molecule has 4 N–H and O–H groups in total. The quantitative estimate of drug-likeness (QED) is 0.321. The third-order valence-corrected chi connectivity index (χ3v) is 3.66. The van der Waals surface area contributed by atoms with E-state index < -0.39 is 0 Å². The maximum atomic E-state index is 11.2. The van der Waals surface area contributed by atoms with Crippen LogP contribution < -0.4 is 11.5 Å². The van der Waals surface area contributed by atoms with Gasteiger partial charge in [-0.05, 0) is 5.56 Å². The van der Waals surface area contributed by atoms with E-state index in [2.05, 4.69) is 6.58 Å². The molecule has 0 heterocycles. The maximum absolute atomic E-state index is 11.2. The van der Waals surface area contributed by atoms with Gasteiger partial charge in [0, 0.05) is 38.5 Å². The average Bonchev–Trinajstić information content (AvgIpc) is 2.50. The van der Waals surface area contributed by atoms with Crippen molar-refractivity contribution in [1.82, 2.24) is 0 Å². The van der Waals surface area contributed by atoms with Gasteiger partial charge in [-0.15, -0.1) is 0 Å². The summed E-state index contributed by atoms with van der Waals surface area (Å²) in [6.07, 6.45) is 2.56. The van der Waals surface area contributed by atoms with Crippen molar-refractivity contribution in [2.45, 2.75) is 0 Å². The molecule has 0 saturated heterocycles. The van der Waals surface area contributed by atoms with Crippen molar-refractivity contribution in [3.05, 3.63) is 54.1 Å². The molecular weight excluding hydrogens is 248 g/mol. The summed E-state index contributed by atoms with van der Waals surface area (Å²) in [5, 5.41) is 3.25. The molecule has 0 saturated carbocycles. The lowest BCUT2D eigenvalue weighted by Gasteiger charge is -2.14. The lowest BCUT2D eigenvalue weighted by molar-refractivity contribution is 0.112.